The van der Waals surface area contributed by atoms with Crippen molar-refractivity contribution in [3.8, 4) is 11.1 Å². The maximum Gasteiger partial charge on any atom is 0.200 e. The molecule has 23 heavy (non-hydrogen) atoms. The summed E-state index contributed by atoms with van der Waals surface area (Å²) < 4.78 is 3.27. The fraction of sp³-hybridized carbons (Fsp3) is 0. The molecular weight excluding hydrogens is 374 g/mol. The highest BCUT2D eigenvalue weighted by Gasteiger charge is 2.32. The van der Waals surface area contributed by atoms with Crippen molar-refractivity contribution in [3.05, 3.63) is 62.8 Å². The summed E-state index contributed by atoms with van der Waals surface area (Å²) in [6, 6.07) is 13.7. The van der Waals surface area contributed by atoms with Crippen LogP contribution in [0, 0.1) is 4.77 Å². The summed E-state index contributed by atoms with van der Waals surface area (Å²) in [5.41, 5.74) is 4.73. The van der Waals surface area contributed by atoms with Gasteiger partial charge in [0.1, 0.15) is 0 Å². The smallest absolute Gasteiger partial charge is 0.200 e. The first-order chi connectivity index (χ1) is 11.2. The second kappa shape index (κ2) is 4.37. The van der Waals surface area contributed by atoms with Crippen LogP contribution in [0.2, 0.25) is 0 Å². The lowest BCUT2D eigenvalue weighted by Gasteiger charge is -2.09. The zero-order valence-electron chi connectivity index (χ0n) is 11.6. The molecule has 0 unspecified atom stereocenters. The first kappa shape index (κ1) is 13.2. The third-order valence-electron chi connectivity index (χ3n) is 4.28. The van der Waals surface area contributed by atoms with Crippen LogP contribution in [-0.4, -0.2) is 20.4 Å². The van der Waals surface area contributed by atoms with Crippen molar-refractivity contribution < 1.29 is 4.79 Å². The second-order valence-corrected chi connectivity index (χ2v) is 6.78. The fourth-order valence-electron chi connectivity index (χ4n) is 3.37. The summed E-state index contributed by atoms with van der Waals surface area (Å²) in [4.78, 5) is 12.9. The summed E-state index contributed by atoms with van der Waals surface area (Å²) in [6.07, 6.45) is 0. The number of ketones is 1. The Morgan fingerprint density at radius 3 is 2.70 bits per heavy atom. The number of H-pyrrole nitrogens is 1. The Labute approximate surface area is 143 Å². The molecule has 2 heterocycles. The van der Waals surface area contributed by atoms with Crippen molar-refractivity contribution in [1.82, 2.24) is 14.6 Å². The highest BCUT2D eigenvalue weighted by atomic mass is 79.9. The van der Waals surface area contributed by atoms with E-state index in [1.165, 1.54) is 0 Å². The average Bonchev–Trinajstić information content (AvgIpc) is 3.07. The van der Waals surface area contributed by atoms with Gasteiger partial charge in [-0.05, 0) is 36.0 Å². The van der Waals surface area contributed by atoms with Crippen molar-refractivity contribution >= 4 is 50.5 Å². The molecule has 2 aromatic carbocycles. The number of rotatable bonds is 0. The highest BCUT2D eigenvalue weighted by Crippen LogP contribution is 2.43. The molecule has 1 aliphatic rings. The Hall–Kier alpha value is -2.31. The van der Waals surface area contributed by atoms with E-state index in [1.807, 2.05) is 46.9 Å². The summed E-state index contributed by atoms with van der Waals surface area (Å²) in [7, 11) is 0. The molecule has 0 aliphatic heterocycles. The number of nitrogens with zero attached hydrogens (tertiary/aromatic N) is 2. The van der Waals surface area contributed by atoms with E-state index in [0.29, 0.717) is 21.5 Å². The molecule has 110 valence electrons. The molecule has 5 rings (SSSR count). The van der Waals surface area contributed by atoms with Gasteiger partial charge in [-0.2, -0.15) is 5.10 Å². The van der Waals surface area contributed by atoms with Gasteiger partial charge in [0, 0.05) is 21.0 Å². The monoisotopic (exact) mass is 381 g/mol. The van der Waals surface area contributed by atoms with Gasteiger partial charge in [0.2, 0.25) is 0 Å². The normalized spacial score (nSPS) is 12.8. The number of fused-ring (bicyclic) bond motifs is 8. The largest absolute Gasteiger partial charge is 0.288 e. The number of hydrogen-bond acceptors (Lipinski definition) is 3. The lowest BCUT2D eigenvalue weighted by molar-refractivity contribution is 0.104. The zero-order chi connectivity index (χ0) is 15.7. The van der Waals surface area contributed by atoms with Gasteiger partial charge in [-0.1, -0.05) is 40.2 Å². The molecule has 0 saturated carbocycles. The molecule has 4 nitrogen and oxygen atoms in total. The minimum atomic E-state index is -0.00326. The number of nitrogens with one attached hydrogen (secondary N) is 1. The number of carbonyl (C=O) groups is 1. The molecule has 0 amide bonds. The van der Waals surface area contributed by atoms with E-state index < -0.39 is 0 Å². The maximum atomic E-state index is 12.9. The number of aromatic amines is 1. The molecular formula is C17H8BrN3OS. The standard InChI is InChI=1S/C17H8BrN3OS/c18-8-5-6-12-11(7-8)13-9-3-1-2-4-10(9)15(22)14(13)16-19-20-17(23)21(12)16/h1-7H,(H,20,23). The van der Waals surface area contributed by atoms with Crippen LogP contribution in [-0.2, 0) is 0 Å². The van der Waals surface area contributed by atoms with Gasteiger partial charge >= 0.3 is 0 Å². The minimum absolute atomic E-state index is 0.00326. The minimum Gasteiger partial charge on any atom is -0.288 e. The third-order valence-corrected chi connectivity index (χ3v) is 5.05. The van der Waals surface area contributed by atoms with Crippen molar-refractivity contribution in [1.29, 1.82) is 0 Å². The predicted octanol–water partition coefficient (Wildman–Crippen LogP) is 4.52. The number of aromatic nitrogens is 3. The van der Waals surface area contributed by atoms with Crippen LogP contribution in [0.25, 0.3) is 27.7 Å². The van der Waals surface area contributed by atoms with Gasteiger partial charge in [0.05, 0.1) is 11.1 Å². The van der Waals surface area contributed by atoms with Crippen LogP contribution >= 0.6 is 28.1 Å². The van der Waals surface area contributed by atoms with Gasteiger partial charge in [0.25, 0.3) is 0 Å². The Bertz CT molecular complexity index is 1220. The Morgan fingerprint density at radius 1 is 1.09 bits per heavy atom. The van der Waals surface area contributed by atoms with Crippen molar-refractivity contribution in [2.75, 3.05) is 0 Å². The lowest BCUT2D eigenvalue weighted by atomic mass is 10.0. The first-order valence-electron chi connectivity index (χ1n) is 7.03. The predicted molar refractivity (Wildman–Crippen MR) is 94.5 cm³/mol. The Kier molecular flexibility index (Phi) is 2.50. The fourth-order valence-corrected chi connectivity index (χ4v) is 3.96. The van der Waals surface area contributed by atoms with Gasteiger partial charge < -0.3 is 0 Å². The van der Waals surface area contributed by atoms with Crippen molar-refractivity contribution in [2.45, 2.75) is 0 Å². The molecule has 0 spiro atoms. The van der Waals surface area contributed by atoms with Crippen molar-refractivity contribution in [3.63, 3.8) is 0 Å². The summed E-state index contributed by atoms with van der Waals surface area (Å²) in [5.74, 6) is -0.00326. The SMILES string of the molecule is O=C1c2ccccc2-c2c1c1n[nH]c(=S)n1c1ccc(Br)cc21. The van der Waals surface area contributed by atoms with Gasteiger partial charge in [-0.3, -0.25) is 14.3 Å². The van der Waals surface area contributed by atoms with Gasteiger partial charge in [0.15, 0.2) is 16.2 Å². The summed E-state index contributed by atoms with van der Waals surface area (Å²) in [6.45, 7) is 0. The molecule has 1 aliphatic carbocycles. The molecule has 0 bridgehead atoms. The molecule has 0 saturated heterocycles. The van der Waals surface area contributed by atoms with E-state index >= 15 is 0 Å². The molecule has 0 atom stereocenters. The topological polar surface area (TPSA) is 50.2 Å². The van der Waals surface area contributed by atoms with Crippen LogP contribution in [0.1, 0.15) is 15.9 Å². The molecule has 1 N–H and O–H groups in total. The quantitative estimate of drug-likeness (QED) is 0.401. The second-order valence-electron chi connectivity index (χ2n) is 5.47. The highest BCUT2D eigenvalue weighted by molar-refractivity contribution is 9.10. The summed E-state index contributed by atoms with van der Waals surface area (Å²) >= 11 is 8.89. The molecule has 4 aromatic rings. The van der Waals surface area contributed by atoms with Crippen LogP contribution in [0.4, 0.5) is 0 Å². The number of carbonyl (C=O) groups excluding carboxylic acids is 1. The van der Waals surface area contributed by atoms with E-state index in [1.54, 1.807) is 0 Å². The number of halogens is 1. The average molecular weight is 382 g/mol. The van der Waals surface area contributed by atoms with E-state index in [4.69, 9.17) is 12.2 Å². The van der Waals surface area contributed by atoms with Gasteiger partial charge in [-0.25, -0.2) is 0 Å². The van der Waals surface area contributed by atoms with Crippen molar-refractivity contribution in [2.24, 2.45) is 0 Å². The number of pyridine rings is 1. The zero-order valence-corrected chi connectivity index (χ0v) is 14.0. The van der Waals surface area contributed by atoms with Crippen LogP contribution in [0.5, 0.6) is 0 Å². The lowest BCUT2D eigenvalue weighted by Crippen LogP contribution is -2.01. The summed E-state index contributed by atoms with van der Waals surface area (Å²) in [5, 5.41) is 8.11. The number of hydrogen-bond donors (Lipinski definition) is 1. The number of benzene rings is 2. The first-order valence-corrected chi connectivity index (χ1v) is 8.23. The van der Waals surface area contributed by atoms with E-state index in [2.05, 4.69) is 26.1 Å². The molecule has 0 radical (unpaired) electrons. The molecule has 6 heteroatoms. The van der Waals surface area contributed by atoms with Crippen LogP contribution in [0.15, 0.2) is 46.9 Å². The van der Waals surface area contributed by atoms with E-state index in [-0.39, 0.29) is 5.78 Å². The van der Waals surface area contributed by atoms with E-state index in [9.17, 15) is 4.79 Å². The molecule has 0 fully saturated rings. The van der Waals surface area contributed by atoms with Crippen LogP contribution in [0.3, 0.4) is 0 Å². The van der Waals surface area contributed by atoms with Crippen LogP contribution < -0.4 is 0 Å². The van der Waals surface area contributed by atoms with Gasteiger partial charge in [-0.15, -0.1) is 0 Å². The molecule has 2 aromatic heterocycles. The van der Waals surface area contributed by atoms with E-state index in [0.717, 1.165) is 26.5 Å². The maximum absolute atomic E-state index is 12.9. The Balaban J connectivity index is 2.15. The Morgan fingerprint density at radius 2 is 1.87 bits per heavy atom. The third kappa shape index (κ3) is 1.57.